The maximum Gasteiger partial charge on any atom is 0.416 e. The summed E-state index contributed by atoms with van der Waals surface area (Å²) in [5.41, 5.74) is -1.23. The first kappa shape index (κ1) is 27.9. The number of amides is 1. The summed E-state index contributed by atoms with van der Waals surface area (Å²) in [4.78, 5) is 25.8. The third-order valence-electron chi connectivity index (χ3n) is 8.48. The number of anilines is 1. The Morgan fingerprint density at radius 1 is 1.05 bits per heavy atom. The summed E-state index contributed by atoms with van der Waals surface area (Å²) in [5, 5.41) is 14.9. The summed E-state index contributed by atoms with van der Waals surface area (Å²) < 4.78 is 60.6. The van der Waals surface area contributed by atoms with Crippen LogP contribution in [0, 0.1) is 11.7 Å². The van der Waals surface area contributed by atoms with Gasteiger partial charge in [-0.2, -0.15) is 13.2 Å². The second-order valence-corrected chi connectivity index (χ2v) is 11.2. The maximum atomic E-state index is 15.0. The number of esters is 1. The van der Waals surface area contributed by atoms with Gasteiger partial charge in [0.2, 0.25) is 0 Å². The molecule has 9 heteroatoms. The van der Waals surface area contributed by atoms with E-state index in [0.717, 1.165) is 23.3 Å². The van der Waals surface area contributed by atoms with Gasteiger partial charge in [0, 0.05) is 22.6 Å². The molecule has 6 rings (SSSR count). The van der Waals surface area contributed by atoms with E-state index >= 15 is 4.39 Å². The van der Waals surface area contributed by atoms with Gasteiger partial charge in [-0.05, 0) is 78.8 Å². The van der Waals surface area contributed by atoms with Crippen molar-refractivity contribution in [2.24, 2.45) is 5.92 Å². The molecule has 0 radical (unpaired) electrons. The van der Waals surface area contributed by atoms with Crippen LogP contribution in [0.4, 0.5) is 23.2 Å². The Kier molecular flexibility index (Phi) is 6.80. The van der Waals surface area contributed by atoms with E-state index in [4.69, 9.17) is 4.74 Å². The Labute approximate surface area is 239 Å². The molecule has 216 valence electrons. The van der Waals surface area contributed by atoms with E-state index in [-0.39, 0.29) is 25.0 Å². The summed E-state index contributed by atoms with van der Waals surface area (Å²) in [6, 6.07) is 16.5. The molecule has 3 aromatic carbocycles. The van der Waals surface area contributed by atoms with Crippen LogP contribution in [-0.4, -0.2) is 22.6 Å². The van der Waals surface area contributed by atoms with Crippen molar-refractivity contribution in [1.82, 2.24) is 0 Å². The first-order chi connectivity index (χ1) is 20.0. The Hall–Kier alpha value is -4.24. The van der Waals surface area contributed by atoms with Crippen molar-refractivity contribution in [2.75, 3.05) is 5.32 Å². The fourth-order valence-corrected chi connectivity index (χ4v) is 5.97. The van der Waals surface area contributed by atoms with E-state index in [1.165, 1.54) is 12.1 Å². The molecule has 1 amide bonds. The lowest BCUT2D eigenvalue weighted by molar-refractivity contribution is -0.140. The van der Waals surface area contributed by atoms with Gasteiger partial charge in [0.05, 0.1) is 11.1 Å². The third kappa shape index (κ3) is 5.13. The zero-order valence-electron chi connectivity index (χ0n) is 22.4. The summed E-state index contributed by atoms with van der Waals surface area (Å²) in [7, 11) is 0. The van der Waals surface area contributed by atoms with Crippen LogP contribution in [0.1, 0.15) is 58.3 Å². The number of aliphatic hydroxyl groups is 1. The predicted octanol–water partition coefficient (Wildman–Crippen LogP) is 6.97. The van der Waals surface area contributed by atoms with Crippen LogP contribution in [0.5, 0.6) is 0 Å². The van der Waals surface area contributed by atoms with Gasteiger partial charge in [0.1, 0.15) is 12.4 Å². The highest BCUT2D eigenvalue weighted by Crippen LogP contribution is 2.56. The molecule has 1 saturated carbocycles. The molecule has 1 aliphatic heterocycles. The van der Waals surface area contributed by atoms with Gasteiger partial charge < -0.3 is 15.2 Å². The van der Waals surface area contributed by atoms with Gasteiger partial charge in [0.15, 0.2) is 5.60 Å². The fraction of sp³-hybridized carbons (Fsp3) is 0.273. The molecule has 0 saturated heterocycles. The van der Waals surface area contributed by atoms with Crippen molar-refractivity contribution < 1.29 is 37.0 Å². The standard InChI is InChI=1S/C33H27F4NO4/c34-28-13-10-24(33(35,36)37)17-27(28)31(14-15-31)19-32(41,23-8-6-21(7-9-23)20-4-2-1-3-5-20)30(40)38-25-11-12-26-22(16-25)18-42-29(26)39/h1-8,10-13,16-17,23,41H,9,14-15,18-19H2,(H,38,40)/t23?,32-/m0/s1. The average Bonchev–Trinajstić information content (AvgIpc) is 3.66. The SMILES string of the molecule is O=C1OCc2cc(NC(=O)[C@](O)(CC3(c4cc(C(F)(F)F)ccc4F)CC3)C3C=CC(c4ccccc4)=CC3)ccc21. The highest BCUT2D eigenvalue weighted by Gasteiger charge is 2.56. The monoisotopic (exact) mass is 577 g/mol. The number of fused-ring (bicyclic) bond motifs is 1. The zero-order chi connectivity index (χ0) is 29.7. The molecule has 1 unspecified atom stereocenters. The Bertz CT molecular complexity index is 1620. The van der Waals surface area contributed by atoms with E-state index in [1.807, 2.05) is 42.5 Å². The average molecular weight is 578 g/mol. The minimum Gasteiger partial charge on any atom is -0.457 e. The van der Waals surface area contributed by atoms with Gasteiger partial charge in [-0.1, -0.05) is 48.6 Å². The number of cyclic esters (lactones) is 1. The molecule has 0 spiro atoms. The second kappa shape index (κ2) is 10.2. The van der Waals surface area contributed by atoms with Crippen LogP contribution in [0.25, 0.3) is 5.57 Å². The normalized spacial score (nSPS) is 20.3. The van der Waals surface area contributed by atoms with Gasteiger partial charge in [-0.25, -0.2) is 9.18 Å². The van der Waals surface area contributed by atoms with Crippen molar-refractivity contribution >= 4 is 23.1 Å². The minimum absolute atomic E-state index is 0.0541. The van der Waals surface area contributed by atoms with Crippen molar-refractivity contribution in [1.29, 1.82) is 0 Å². The van der Waals surface area contributed by atoms with Crippen LogP contribution in [0.2, 0.25) is 0 Å². The number of hydrogen-bond donors (Lipinski definition) is 2. The molecule has 2 N–H and O–H groups in total. The van der Waals surface area contributed by atoms with E-state index in [2.05, 4.69) is 5.32 Å². The molecule has 42 heavy (non-hydrogen) atoms. The number of carbonyl (C=O) groups excluding carboxylic acids is 2. The van der Waals surface area contributed by atoms with E-state index in [0.29, 0.717) is 35.7 Å². The molecule has 2 aliphatic carbocycles. The molecule has 1 heterocycles. The number of allylic oxidation sites excluding steroid dienone is 3. The second-order valence-electron chi connectivity index (χ2n) is 11.2. The van der Waals surface area contributed by atoms with E-state index in [9.17, 15) is 27.9 Å². The van der Waals surface area contributed by atoms with Gasteiger partial charge >= 0.3 is 12.1 Å². The minimum atomic E-state index is -4.67. The summed E-state index contributed by atoms with van der Waals surface area (Å²) in [6.45, 7) is 0.0541. The number of alkyl halides is 3. The van der Waals surface area contributed by atoms with Crippen molar-refractivity contribution in [2.45, 2.75) is 49.5 Å². The zero-order valence-corrected chi connectivity index (χ0v) is 22.4. The molecule has 0 aromatic heterocycles. The number of halogens is 4. The van der Waals surface area contributed by atoms with Gasteiger partial charge in [0.25, 0.3) is 5.91 Å². The molecular formula is C33H27F4NO4. The van der Waals surface area contributed by atoms with Crippen molar-refractivity contribution in [3.63, 3.8) is 0 Å². The van der Waals surface area contributed by atoms with Crippen LogP contribution < -0.4 is 5.32 Å². The first-order valence-electron chi connectivity index (χ1n) is 13.6. The van der Waals surface area contributed by atoms with E-state index < -0.39 is 46.4 Å². The van der Waals surface area contributed by atoms with Crippen LogP contribution in [0.3, 0.4) is 0 Å². The molecule has 1 fully saturated rings. The van der Waals surface area contributed by atoms with Crippen molar-refractivity contribution in [3.8, 4) is 0 Å². The lowest BCUT2D eigenvalue weighted by Crippen LogP contribution is -2.51. The number of nitrogens with one attached hydrogen (secondary N) is 1. The van der Waals surface area contributed by atoms with Crippen LogP contribution in [-0.2, 0) is 27.7 Å². The highest BCUT2D eigenvalue weighted by molar-refractivity contribution is 5.99. The predicted molar refractivity (Wildman–Crippen MR) is 148 cm³/mol. The quantitative estimate of drug-likeness (QED) is 0.235. The summed E-state index contributed by atoms with van der Waals surface area (Å²) in [6.07, 6.45) is 1.41. The number of benzene rings is 3. The topological polar surface area (TPSA) is 75.6 Å². The molecule has 2 atom stereocenters. The molecular weight excluding hydrogens is 550 g/mol. The lowest BCUT2D eigenvalue weighted by atomic mass is 9.72. The van der Waals surface area contributed by atoms with E-state index in [1.54, 1.807) is 12.1 Å². The van der Waals surface area contributed by atoms with Gasteiger partial charge in [-0.15, -0.1) is 0 Å². The molecule has 3 aliphatic rings. The highest BCUT2D eigenvalue weighted by atomic mass is 19.4. The third-order valence-corrected chi connectivity index (χ3v) is 8.48. The van der Waals surface area contributed by atoms with Crippen LogP contribution in [0.15, 0.2) is 85.0 Å². The number of carbonyl (C=O) groups is 2. The van der Waals surface area contributed by atoms with Crippen LogP contribution >= 0.6 is 0 Å². The van der Waals surface area contributed by atoms with Gasteiger partial charge in [-0.3, -0.25) is 4.79 Å². The lowest BCUT2D eigenvalue weighted by Gasteiger charge is -2.37. The molecule has 3 aromatic rings. The first-order valence-corrected chi connectivity index (χ1v) is 13.6. The number of ether oxygens (including phenoxy) is 1. The largest absolute Gasteiger partial charge is 0.457 e. The maximum absolute atomic E-state index is 15.0. The summed E-state index contributed by atoms with van der Waals surface area (Å²) in [5.74, 6) is -2.78. The Morgan fingerprint density at radius 3 is 2.48 bits per heavy atom. The summed E-state index contributed by atoms with van der Waals surface area (Å²) >= 11 is 0. The Morgan fingerprint density at radius 2 is 1.81 bits per heavy atom. The Balaban J connectivity index is 1.34. The smallest absolute Gasteiger partial charge is 0.416 e. The fourth-order valence-electron chi connectivity index (χ4n) is 5.97. The number of rotatable bonds is 7. The number of hydrogen-bond acceptors (Lipinski definition) is 4. The molecule has 5 nitrogen and oxygen atoms in total. The molecule has 0 bridgehead atoms. The van der Waals surface area contributed by atoms with Crippen molar-refractivity contribution in [3.05, 3.63) is 119 Å².